The van der Waals surface area contributed by atoms with Crippen LogP contribution in [0.25, 0.3) is 6.08 Å². The van der Waals surface area contributed by atoms with Crippen molar-refractivity contribution in [2.45, 2.75) is 53.4 Å². The van der Waals surface area contributed by atoms with Crippen LogP contribution in [0.5, 0.6) is 11.5 Å². The Morgan fingerprint density at radius 1 is 0.964 bits per heavy atom. The molecule has 0 bridgehead atoms. The van der Waals surface area contributed by atoms with Crippen molar-refractivity contribution in [1.82, 2.24) is 0 Å². The molecule has 2 aromatic rings. The van der Waals surface area contributed by atoms with Crippen LogP contribution < -0.4 is 9.47 Å². The molecule has 0 aliphatic heterocycles. The van der Waals surface area contributed by atoms with Crippen LogP contribution in [-0.2, 0) is 6.42 Å². The molecule has 0 saturated carbocycles. The van der Waals surface area contributed by atoms with Gasteiger partial charge < -0.3 is 9.47 Å². The molecule has 3 heteroatoms. The first kappa shape index (κ1) is 20.2. The average Bonchev–Trinajstić information content (AvgIpc) is 2.68. The third-order valence-corrected chi connectivity index (χ3v) is 5.05. The van der Waals surface area contributed by atoms with Gasteiger partial charge in [-0.2, -0.15) is 0 Å². The molecule has 2 aromatic carbocycles. The molecule has 3 nitrogen and oxygen atoms in total. The van der Waals surface area contributed by atoms with Gasteiger partial charge in [0.2, 0.25) is 0 Å². The number of rotatable bonds is 7. The van der Waals surface area contributed by atoms with Crippen molar-refractivity contribution in [2.24, 2.45) is 0 Å². The zero-order valence-electron chi connectivity index (χ0n) is 17.4. The third kappa shape index (κ3) is 4.46. The number of ether oxygens (including phenoxy) is 2. The Bertz CT molecular complexity index is 893. The van der Waals surface area contributed by atoms with Crippen molar-refractivity contribution in [3.63, 3.8) is 0 Å². The highest BCUT2D eigenvalue weighted by atomic mass is 16.5. The van der Waals surface area contributed by atoms with Gasteiger partial charge in [-0.1, -0.05) is 25.5 Å². The number of fused-ring (bicyclic) bond motifs is 1. The molecule has 0 N–H and O–H groups in total. The standard InChI is InChI=1S/C25H30O3/c1-5-11-27-21-9-7-19(24(16-21)28-12-6-2)15-20-8-10-22-18(4)13-17(3)14-23(22)25(20)26/h7,9,13-16H,5-6,8,10-12H2,1-4H3. The molecule has 0 saturated heterocycles. The number of Topliss-reactive ketones (excluding diaryl/α,β-unsaturated/α-hetero) is 1. The third-order valence-electron chi connectivity index (χ3n) is 5.05. The van der Waals surface area contributed by atoms with E-state index in [-0.39, 0.29) is 5.78 Å². The van der Waals surface area contributed by atoms with Gasteiger partial charge in [-0.05, 0) is 74.9 Å². The lowest BCUT2D eigenvalue weighted by Crippen LogP contribution is -2.15. The summed E-state index contributed by atoms with van der Waals surface area (Å²) in [5.74, 6) is 1.73. The Morgan fingerprint density at radius 3 is 2.46 bits per heavy atom. The molecule has 0 radical (unpaired) electrons. The van der Waals surface area contributed by atoms with E-state index in [1.807, 2.05) is 37.3 Å². The van der Waals surface area contributed by atoms with Crippen molar-refractivity contribution < 1.29 is 14.3 Å². The number of aryl methyl sites for hydroxylation is 2. The molecule has 148 valence electrons. The Hall–Kier alpha value is -2.55. The van der Waals surface area contributed by atoms with Gasteiger partial charge in [-0.25, -0.2) is 0 Å². The number of carbonyl (C=O) groups is 1. The van der Waals surface area contributed by atoms with Crippen LogP contribution in [0.1, 0.15) is 65.7 Å². The van der Waals surface area contributed by atoms with E-state index >= 15 is 0 Å². The van der Waals surface area contributed by atoms with Gasteiger partial charge in [-0.15, -0.1) is 0 Å². The Kier molecular flexibility index (Phi) is 6.56. The van der Waals surface area contributed by atoms with Crippen LogP contribution in [0.2, 0.25) is 0 Å². The first-order chi connectivity index (χ1) is 13.5. The van der Waals surface area contributed by atoms with Gasteiger partial charge in [-0.3, -0.25) is 4.79 Å². The largest absolute Gasteiger partial charge is 0.493 e. The predicted octanol–water partition coefficient (Wildman–Crippen LogP) is 6.09. The summed E-state index contributed by atoms with van der Waals surface area (Å²) in [6.45, 7) is 9.64. The zero-order chi connectivity index (χ0) is 20.1. The van der Waals surface area contributed by atoms with Gasteiger partial charge in [0, 0.05) is 22.8 Å². The van der Waals surface area contributed by atoms with E-state index in [2.05, 4.69) is 26.8 Å². The summed E-state index contributed by atoms with van der Waals surface area (Å²) in [5.41, 5.74) is 6.18. The minimum absolute atomic E-state index is 0.140. The number of carbonyl (C=O) groups excluding carboxylic acids is 1. The summed E-state index contributed by atoms with van der Waals surface area (Å²) in [6, 6.07) is 10.1. The van der Waals surface area contributed by atoms with Crippen molar-refractivity contribution >= 4 is 11.9 Å². The van der Waals surface area contributed by atoms with Crippen LogP contribution in [0.3, 0.4) is 0 Å². The zero-order valence-corrected chi connectivity index (χ0v) is 17.4. The molecular weight excluding hydrogens is 348 g/mol. The van der Waals surface area contributed by atoms with E-state index in [0.717, 1.165) is 59.4 Å². The second-order valence-corrected chi connectivity index (χ2v) is 7.50. The van der Waals surface area contributed by atoms with Crippen LogP contribution in [0, 0.1) is 13.8 Å². The van der Waals surface area contributed by atoms with Gasteiger partial charge in [0.05, 0.1) is 13.2 Å². The topological polar surface area (TPSA) is 35.5 Å². The average molecular weight is 379 g/mol. The number of benzene rings is 2. The van der Waals surface area contributed by atoms with Crippen LogP contribution >= 0.6 is 0 Å². The molecule has 1 aliphatic rings. The molecule has 28 heavy (non-hydrogen) atoms. The second-order valence-electron chi connectivity index (χ2n) is 7.50. The molecule has 0 atom stereocenters. The lowest BCUT2D eigenvalue weighted by Gasteiger charge is -2.21. The van der Waals surface area contributed by atoms with E-state index in [9.17, 15) is 4.79 Å². The summed E-state index contributed by atoms with van der Waals surface area (Å²) < 4.78 is 11.7. The molecule has 0 aromatic heterocycles. The van der Waals surface area contributed by atoms with Crippen LogP contribution in [0.15, 0.2) is 35.9 Å². The first-order valence-corrected chi connectivity index (χ1v) is 10.3. The molecule has 1 aliphatic carbocycles. The highest BCUT2D eigenvalue weighted by molar-refractivity contribution is 6.13. The van der Waals surface area contributed by atoms with Crippen molar-refractivity contribution in [1.29, 1.82) is 0 Å². The summed E-state index contributed by atoms with van der Waals surface area (Å²) in [6.07, 6.45) is 5.56. The fraction of sp³-hybridized carbons (Fsp3) is 0.400. The fourth-order valence-electron chi connectivity index (χ4n) is 3.68. The van der Waals surface area contributed by atoms with E-state index < -0.39 is 0 Å². The van der Waals surface area contributed by atoms with Crippen molar-refractivity contribution in [2.75, 3.05) is 13.2 Å². The summed E-state index contributed by atoms with van der Waals surface area (Å²) in [4.78, 5) is 13.1. The normalized spacial score (nSPS) is 14.9. The summed E-state index contributed by atoms with van der Waals surface area (Å²) in [5, 5.41) is 0. The molecule has 0 unspecified atom stereocenters. The lowest BCUT2D eigenvalue weighted by molar-refractivity contribution is 0.102. The predicted molar refractivity (Wildman–Crippen MR) is 115 cm³/mol. The first-order valence-electron chi connectivity index (χ1n) is 10.3. The molecular formula is C25H30O3. The molecule has 0 spiro atoms. The highest BCUT2D eigenvalue weighted by Crippen LogP contribution is 2.33. The Labute approximate surface area is 168 Å². The monoisotopic (exact) mass is 378 g/mol. The minimum atomic E-state index is 0.140. The summed E-state index contributed by atoms with van der Waals surface area (Å²) >= 11 is 0. The van der Waals surface area contributed by atoms with E-state index in [4.69, 9.17) is 9.47 Å². The number of hydrogen-bond acceptors (Lipinski definition) is 3. The molecule has 0 fully saturated rings. The number of ketones is 1. The molecule has 0 amide bonds. The Balaban J connectivity index is 1.94. The highest BCUT2D eigenvalue weighted by Gasteiger charge is 2.24. The van der Waals surface area contributed by atoms with Gasteiger partial charge in [0.1, 0.15) is 11.5 Å². The maximum atomic E-state index is 13.1. The van der Waals surface area contributed by atoms with E-state index in [1.54, 1.807) is 0 Å². The summed E-state index contributed by atoms with van der Waals surface area (Å²) in [7, 11) is 0. The van der Waals surface area contributed by atoms with Gasteiger partial charge >= 0.3 is 0 Å². The maximum Gasteiger partial charge on any atom is 0.189 e. The van der Waals surface area contributed by atoms with Crippen molar-refractivity contribution in [3.8, 4) is 11.5 Å². The minimum Gasteiger partial charge on any atom is -0.493 e. The van der Waals surface area contributed by atoms with Gasteiger partial charge in [0.15, 0.2) is 5.78 Å². The van der Waals surface area contributed by atoms with E-state index in [1.165, 1.54) is 11.1 Å². The lowest BCUT2D eigenvalue weighted by atomic mass is 9.83. The van der Waals surface area contributed by atoms with Crippen LogP contribution in [0.4, 0.5) is 0 Å². The smallest absolute Gasteiger partial charge is 0.189 e. The van der Waals surface area contributed by atoms with Gasteiger partial charge in [0.25, 0.3) is 0 Å². The maximum absolute atomic E-state index is 13.1. The molecule has 3 rings (SSSR count). The SMILES string of the molecule is CCCOc1ccc(C=C2CCc3c(C)cc(C)cc3C2=O)c(OCCC)c1. The Morgan fingerprint density at radius 2 is 1.71 bits per heavy atom. The quantitative estimate of drug-likeness (QED) is 0.547. The van der Waals surface area contributed by atoms with E-state index in [0.29, 0.717) is 13.2 Å². The fourth-order valence-corrected chi connectivity index (χ4v) is 3.68. The molecule has 0 heterocycles. The number of allylic oxidation sites excluding steroid dienone is 1. The van der Waals surface area contributed by atoms with Crippen LogP contribution in [-0.4, -0.2) is 19.0 Å². The second kappa shape index (κ2) is 9.09. The van der Waals surface area contributed by atoms with Crippen molar-refractivity contribution in [3.05, 3.63) is 63.7 Å². The number of hydrogen-bond donors (Lipinski definition) is 0.